The SMILES string of the molecule is c1cc(-c2ccc3ccccc3c2)cc(-c2ccc3ccc(-c4c5ccccc5c(-c5ccc6c7ccccc7c7ccccc7c6c5)c5ccccc45)cc3c2)c1. The summed E-state index contributed by atoms with van der Waals surface area (Å²) in [5.41, 5.74) is 9.91. The van der Waals surface area contributed by atoms with E-state index in [4.69, 9.17) is 0 Å². The van der Waals surface area contributed by atoms with E-state index >= 15 is 0 Å². The first-order valence-corrected chi connectivity index (χ1v) is 20.2. The Morgan fingerprint density at radius 1 is 0.155 bits per heavy atom. The molecule has 0 aliphatic carbocycles. The van der Waals surface area contributed by atoms with Gasteiger partial charge in [0.15, 0.2) is 0 Å². The van der Waals surface area contributed by atoms with Gasteiger partial charge in [-0.25, -0.2) is 0 Å². The maximum Gasteiger partial charge on any atom is -0.00261 e. The molecule has 0 aliphatic heterocycles. The Labute approximate surface area is 336 Å². The van der Waals surface area contributed by atoms with Crippen LogP contribution in [0.2, 0.25) is 0 Å². The van der Waals surface area contributed by atoms with E-state index in [-0.39, 0.29) is 0 Å². The maximum absolute atomic E-state index is 2.44. The Kier molecular flexibility index (Phi) is 7.33. The van der Waals surface area contributed by atoms with Crippen molar-refractivity contribution >= 4 is 75.4 Å². The third-order valence-electron chi connectivity index (χ3n) is 12.4. The lowest BCUT2D eigenvalue weighted by atomic mass is 9.84. The van der Waals surface area contributed by atoms with Gasteiger partial charge in [-0.15, -0.1) is 0 Å². The van der Waals surface area contributed by atoms with Gasteiger partial charge in [0.1, 0.15) is 0 Å². The van der Waals surface area contributed by atoms with E-state index in [1.165, 1.54) is 120 Å². The summed E-state index contributed by atoms with van der Waals surface area (Å²) in [6, 6.07) is 80.9. The minimum Gasteiger partial charge on any atom is -0.0616 e. The Morgan fingerprint density at radius 3 is 1.05 bits per heavy atom. The van der Waals surface area contributed by atoms with Crippen LogP contribution in [0.15, 0.2) is 218 Å². The fourth-order valence-corrected chi connectivity index (χ4v) is 9.64. The predicted molar refractivity (Wildman–Crippen MR) is 251 cm³/mol. The van der Waals surface area contributed by atoms with Crippen LogP contribution in [0, 0.1) is 0 Å². The molecule has 0 nitrogen and oxygen atoms in total. The van der Waals surface area contributed by atoms with Gasteiger partial charge in [-0.2, -0.15) is 0 Å². The van der Waals surface area contributed by atoms with Crippen molar-refractivity contribution in [3.05, 3.63) is 218 Å². The third-order valence-corrected chi connectivity index (χ3v) is 12.4. The van der Waals surface area contributed by atoms with Crippen molar-refractivity contribution in [1.29, 1.82) is 0 Å². The minimum absolute atomic E-state index is 1.22. The fraction of sp³-hybridized carbons (Fsp3) is 0. The normalized spacial score (nSPS) is 11.8. The molecule has 0 aliphatic rings. The van der Waals surface area contributed by atoms with Gasteiger partial charge in [0.25, 0.3) is 0 Å². The molecule has 0 heteroatoms. The topological polar surface area (TPSA) is 0 Å². The highest BCUT2D eigenvalue weighted by atomic mass is 14.2. The van der Waals surface area contributed by atoms with Gasteiger partial charge in [-0.05, 0) is 150 Å². The summed E-state index contributed by atoms with van der Waals surface area (Å²) in [5, 5.41) is 17.8. The minimum atomic E-state index is 1.22. The lowest BCUT2D eigenvalue weighted by molar-refractivity contribution is 1.61. The van der Waals surface area contributed by atoms with Crippen LogP contribution in [-0.2, 0) is 0 Å². The summed E-state index contributed by atoms with van der Waals surface area (Å²) in [5.74, 6) is 0. The molecule has 0 spiro atoms. The molecule has 0 aromatic heterocycles. The Balaban J connectivity index is 1.02. The molecule has 12 rings (SSSR count). The van der Waals surface area contributed by atoms with Gasteiger partial charge in [0.05, 0.1) is 0 Å². The molecule has 0 radical (unpaired) electrons. The Bertz CT molecular complexity index is 3530. The summed E-state index contributed by atoms with van der Waals surface area (Å²) in [6.07, 6.45) is 0. The molecule has 0 fully saturated rings. The van der Waals surface area contributed by atoms with Gasteiger partial charge >= 0.3 is 0 Å². The maximum atomic E-state index is 2.44. The summed E-state index contributed by atoms with van der Waals surface area (Å²) < 4.78 is 0. The molecular weight excluding hydrogens is 697 g/mol. The molecule has 0 amide bonds. The molecule has 0 saturated carbocycles. The van der Waals surface area contributed by atoms with Gasteiger partial charge < -0.3 is 0 Å². The zero-order chi connectivity index (χ0) is 38.2. The second-order valence-corrected chi connectivity index (χ2v) is 15.6. The van der Waals surface area contributed by atoms with Crippen LogP contribution in [0.5, 0.6) is 0 Å². The van der Waals surface area contributed by atoms with Crippen molar-refractivity contribution in [2.75, 3.05) is 0 Å². The summed E-state index contributed by atoms with van der Waals surface area (Å²) in [6.45, 7) is 0. The predicted octanol–water partition coefficient (Wildman–Crippen LogP) is 16.4. The largest absolute Gasteiger partial charge is 0.0616 e. The van der Waals surface area contributed by atoms with Crippen LogP contribution in [0.3, 0.4) is 0 Å². The number of hydrogen-bond donors (Lipinski definition) is 0. The van der Waals surface area contributed by atoms with Crippen molar-refractivity contribution < 1.29 is 0 Å². The van der Waals surface area contributed by atoms with Crippen LogP contribution in [0.25, 0.3) is 120 Å². The standard InChI is InChI=1S/C58H36/c1-2-13-39-32-42(27-24-37(39)12-1)40-14-11-15-41(33-40)43-28-25-38-26-29-44(35-46(38)34-43)57-52-20-7-9-22-54(52)58(55-23-10-8-21-53(55)57)45-30-31-51-49-18-4-3-16-47(49)48-17-5-6-19-50(48)56(51)36-45/h1-36H. The molecule has 58 heavy (non-hydrogen) atoms. The number of hydrogen-bond acceptors (Lipinski definition) is 0. The molecule has 268 valence electrons. The van der Waals surface area contributed by atoms with Gasteiger partial charge in [0, 0.05) is 0 Å². The summed E-state index contributed by atoms with van der Waals surface area (Å²) in [4.78, 5) is 0. The van der Waals surface area contributed by atoms with Crippen molar-refractivity contribution in [3.63, 3.8) is 0 Å². The first-order chi connectivity index (χ1) is 28.7. The van der Waals surface area contributed by atoms with Crippen LogP contribution in [0.1, 0.15) is 0 Å². The van der Waals surface area contributed by atoms with Crippen molar-refractivity contribution in [2.45, 2.75) is 0 Å². The molecule has 0 unspecified atom stereocenters. The molecule has 0 saturated heterocycles. The van der Waals surface area contributed by atoms with Crippen LogP contribution in [0.4, 0.5) is 0 Å². The first-order valence-electron chi connectivity index (χ1n) is 20.2. The number of fused-ring (bicyclic) bond motifs is 10. The second-order valence-electron chi connectivity index (χ2n) is 15.6. The van der Waals surface area contributed by atoms with E-state index in [1.54, 1.807) is 0 Å². The zero-order valence-corrected chi connectivity index (χ0v) is 31.8. The highest BCUT2D eigenvalue weighted by molar-refractivity contribution is 6.27. The number of rotatable bonds is 4. The number of benzene rings is 12. The van der Waals surface area contributed by atoms with E-state index in [0.29, 0.717) is 0 Å². The van der Waals surface area contributed by atoms with Crippen LogP contribution in [-0.4, -0.2) is 0 Å². The molecule has 0 heterocycles. The summed E-state index contributed by atoms with van der Waals surface area (Å²) in [7, 11) is 0. The van der Waals surface area contributed by atoms with Crippen molar-refractivity contribution in [1.82, 2.24) is 0 Å². The molecule has 0 bridgehead atoms. The molecular formula is C58H36. The van der Waals surface area contributed by atoms with E-state index in [9.17, 15) is 0 Å². The Morgan fingerprint density at radius 2 is 0.500 bits per heavy atom. The average molecular weight is 733 g/mol. The van der Waals surface area contributed by atoms with E-state index in [1.807, 2.05) is 0 Å². The monoisotopic (exact) mass is 732 g/mol. The smallest absolute Gasteiger partial charge is 0.00261 e. The quantitative estimate of drug-likeness (QED) is 0.125. The average Bonchev–Trinajstić information content (AvgIpc) is 3.30. The molecule has 12 aromatic rings. The van der Waals surface area contributed by atoms with Gasteiger partial charge in [-0.1, -0.05) is 188 Å². The lowest BCUT2D eigenvalue weighted by Crippen LogP contribution is -1.91. The third kappa shape index (κ3) is 5.16. The second kappa shape index (κ2) is 13.0. The van der Waals surface area contributed by atoms with E-state index in [2.05, 4.69) is 218 Å². The first kappa shape index (κ1) is 32.7. The Hall–Kier alpha value is -7.54. The lowest BCUT2D eigenvalue weighted by Gasteiger charge is -2.19. The molecule has 0 atom stereocenters. The van der Waals surface area contributed by atoms with Crippen molar-refractivity contribution in [2.24, 2.45) is 0 Å². The highest BCUT2D eigenvalue weighted by Crippen LogP contribution is 2.46. The zero-order valence-electron chi connectivity index (χ0n) is 31.8. The fourth-order valence-electron chi connectivity index (χ4n) is 9.64. The van der Waals surface area contributed by atoms with Crippen molar-refractivity contribution in [3.8, 4) is 44.5 Å². The van der Waals surface area contributed by atoms with Gasteiger partial charge in [0.2, 0.25) is 0 Å². The van der Waals surface area contributed by atoms with Crippen LogP contribution < -0.4 is 0 Å². The molecule has 0 N–H and O–H groups in total. The van der Waals surface area contributed by atoms with E-state index < -0.39 is 0 Å². The van der Waals surface area contributed by atoms with E-state index in [0.717, 1.165) is 0 Å². The summed E-state index contributed by atoms with van der Waals surface area (Å²) >= 11 is 0. The highest BCUT2D eigenvalue weighted by Gasteiger charge is 2.18. The van der Waals surface area contributed by atoms with Gasteiger partial charge in [-0.3, -0.25) is 0 Å². The molecule has 12 aromatic carbocycles. The van der Waals surface area contributed by atoms with Crippen LogP contribution >= 0.6 is 0 Å².